The van der Waals surface area contributed by atoms with Crippen molar-refractivity contribution in [3.05, 3.63) is 111 Å². The Hall–Kier alpha value is -5.05. The van der Waals surface area contributed by atoms with E-state index >= 15 is 0 Å². The fourth-order valence-corrected chi connectivity index (χ4v) is 3.92. The van der Waals surface area contributed by atoms with Crippen molar-refractivity contribution in [1.29, 1.82) is 0 Å². The number of carbonyl (C=O) groups excluding carboxylic acids is 1. The second-order valence-corrected chi connectivity index (χ2v) is 7.75. The predicted molar refractivity (Wildman–Crippen MR) is 132 cm³/mol. The van der Waals surface area contributed by atoms with Crippen LogP contribution in [0.4, 0.5) is 5.69 Å². The number of carbonyl (C=O) groups is 1. The van der Waals surface area contributed by atoms with Gasteiger partial charge >= 0.3 is 0 Å². The van der Waals surface area contributed by atoms with E-state index in [4.69, 9.17) is 4.42 Å². The minimum atomic E-state index is -0.467. The highest BCUT2D eigenvalue weighted by Gasteiger charge is 2.13. The molecular weight excluding hydrogens is 448 g/mol. The number of benzene rings is 3. The minimum Gasteiger partial charge on any atom is -0.455 e. The van der Waals surface area contributed by atoms with Crippen LogP contribution in [0.15, 0.2) is 99.2 Å². The summed E-state index contributed by atoms with van der Waals surface area (Å²) in [6.07, 6.45) is 1.37. The van der Waals surface area contributed by atoms with E-state index in [-0.39, 0.29) is 23.6 Å². The van der Waals surface area contributed by atoms with Gasteiger partial charge in [0.25, 0.3) is 11.6 Å². The van der Waals surface area contributed by atoms with Gasteiger partial charge in [-0.05, 0) is 48.5 Å². The molecule has 0 radical (unpaired) electrons. The van der Waals surface area contributed by atoms with Gasteiger partial charge in [0.1, 0.15) is 18.1 Å². The molecule has 0 fully saturated rings. The lowest BCUT2D eigenvalue weighted by Gasteiger charge is -2.14. The number of hydrazone groups is 1. The van der Waals surface area contributed by atoms with Gasteiger partial charge in [-0.2, -0.15) is 5.10 Å². The molecule has 0 atom stereocenters. The van der Waals surface area contributed by atoms with E-state index in [0.717, 1.165) is 0 Å². The summed E-state index contributed by atoms with van der Waals surface area (Å²) in [5, 5.41) is 15.9. The molecule has 1 N–H and O–H groups in total. The van der Waals surface area contributed by atoms with Gasteiger partial charge in [-0.1, -0.05) is 24.3 Å². The number of nitrogens with one attached hydrogen (secondary N) is 1. The van der Waals surface area contributed by atoms with E-state index in [1.807, 2.05) is 24.3 Å². The number of hydrogen-bond acceptors (Lipinski definition) is 6. The van der Waals surface area contributed by atoms with Gasteiger partial charge in [-0.25, -0.2) is 5.43 Å². The number of fused-ring (bicyclic) bond motifs is 2. The third kappa shape index (κ3) is 4.30. The number of amides is 1. The number of furan rings is 1. The lowest BCUT2D eigenvalue weighted by molar-refractivity contribution is -0.384. The quantitative estimate of drug-likeness (QED) is 0.171. The molecule has 0 aliphatic heterocycles. The summed E-state index contributed by atoms with van der Waals surface area (Å²) in [4.78, 5) is 35.8. The second-order valence-electron chi connectivity index (χ2n) is 7.75. The number of hydrogen-bond donors (Lipinski definition) is 1. The molecule has 0 saturated heterocycles. The molecule has 0 aliphatic rings. The molecule has 1 amide bonds. The molecular formula is C26H18N4O5. The second kappa shape index (κ2) is 9.06. The molecule has 2 aromatic heterocycles. The largest absolute Gasteiger partial charge is 0.455 e. The van der Waals surface area contributed by atoms with Crippen LogP contribution < -0.4 is 10.9 Å². The fraction of sp³-hybridized carbons (Fsp3) is 0.0385. The summed E-state index contributed by atoms with van der Waals surface area (Å²) in [6, 6.07) is 23.7. The van der Waals surface area contributed by atoms with Crippen LogP contribution in [0, 0.1) is 10.1 Å². The molecule has 0 bridgehead atoms. The van der Waals surface area contributed by atoms with Crippen LogP contribution in [0.5, 0.6) is 0 Å². The van der Waals surface area contributed by atoms with Crippen LogP contribution in [0.2, 0.25) is 0 Å². The lowest BCUT2D eigenvalue weighted by Crippen LogP contribution is -2.25. The van der Waals surface area contributed by atoms with E-state index in [1.165, 1.54) is 18.3 Å². The number of rotatable bonds is 6. The number of nitro benzene ring substituents is 1. The first-order valence-electron chi connectivity index (χ1n) is 10.7. The van der Waals surface area contributed by atoms with Crippen molar-refractivity contribution in [2.75, 3.05) is 0 Å². The van der Waals surface area contributed by atoms with Crippen molar-refractivity contribution in [2.24, 2.45) is 5.10 Å². The number of nitro groups is 1. The number of aromatic nitrogens is 1. The number of para-hydroxylation sites is 2. The van der Waals surface area contributed by atoms with E-state index in [1.54, 1.807) is 53.1 Å². The summed E-state index contributed by atoms with van der Waals surface area (Å²) in [5.41, 5.74) is 4.41. The first kappa shape index (κ1) is 21.8. The molecule has 0 saturated carbocycles. The Labute approximate surface area is 198 Å². The van der Waals surface area contributed by atoms with Crippen LogP contribution in [0.3, 0.4) is 0 Å². The lowest BCUT2D eigenvalue weighted by atomic mass is 10.1. The highest BCUT2D eigenvalue weighted by Crippen LogP contribution is 2.24. The first-order chi connectivity index (χ1) is 17.0. The molecule has 5 rings (SSSR count). The SMILES string of the molecule is O=C(Cn1c2ccccc2c(=O)c2ccccc21)N/N=C\c1ccc(-c2ccc([N+](=O)[O-])cc2)o1. The van der Waals surface area contributed by atoms with Crippen LogP contribution in [0.25, 0.3) is 33.1 Å². The standard InChI is InChI=1S/C26H18N4O5/c31-25(16-29-22-7-3-1-5-20(22)26(32)21-6-2-4-8-23(21)29)28-27-15-19-13-14-24(35-19)17-9-11-18(12-10-17)30(33)34/h1-15H,16H2,(H,28,31)/b27-15-. The maximum Gasteiger partial charge on any atom is 0.269 e. The third-order valence-electron chi connectivity index (χ3n) is 5.55. The molecule has 9 nitrogen and oxygen atoms in total. The van der Waals surface area contributed by atoms with Crippen LogP contribution in [0.1, 0.15) is 5.76 Å². The Balaban J connectivity index is 1.33. The number of nitrogens with zero attached hydrogens (tertiary/aromatic N) is 3. The summed E-state index contributed by atoms with van der Waals surface area (Å²) in [5.74, 6) is 0.541. The van der Waals surface area contributed by atoms with Gasteiger partial charge in [-0.3, -0.25) is 19.7 Å². The molecule has 3 aromatic carbocycles. The van der Waals surface area contributed by atoms with Crippen molar-refractivity contribution >= 4 is 39.6 Å². The average Bonchev–Trinajstić information content (AvgIpc) is 3.35. The van der Waals surface area contributed by atoms with E-state index in [2.05, 4.69) is 10.5 Å². The maximum atomic E-state index is 12.8. The normalized spacial score (nSPS) is 11.3. The summed E-state index contributed by atoms with van der Waals surface area (Å²) in [6.45, 7) is -0.0369. The van der Waals surface area contributed by atoms with Gasteiger partial charge in [0, 0.05) is 28.5 Å². The van der Waals surface area contributed by atoms with Crippen molar-refractivity contribution in [3.63, 3.8) is 0 Å². The zero-order valence-corrected chi connectivity index (χ0v) is 18.3. The van der Waals surface area contributed by atoms with Crippen molar-refractivity contribution in [1.82, 2.24) is 9.99 Å². The summed E-state index contributed by atoms with van der Waals surface area (Å²) in [7, 11) is 0. The first-order valence-corrected chi connectivity index (χ1v) is 10.7. The van der Waals surface area contributed by atoms with Gasteiger partial charge in [-0.15, -0.1) is 0 Å². The smallest absolute Gasteiger partial charge is 0.269 e. The molecule has 5 aromatic rings. The van der Waals surface area contributed by atoms with Gasteiger partial charge in [0.15, 0.2) is 5.43 Å². The molecule has 2 heterocycles. The summed E-state index contributed by atoms with van der Waals surface area (Å²) < 4.78 is 7.48. The van der Waals surface area contributed by atoms with Crippen molar-refractivity contribution in [2.45, 2.75) is 6.54 Å². The van der Waals surface area contributed by atoms with Crippen molar-refractivity contribution in [3.8, 4) is 11.3 Å². The van der Waals surface area contributed by atoms with Gasteiger partial charge in [0.2, 0.25) is 0 Å². The highest BCUT2D eigenvalue weighted by molar-refractivity contribution is 5.95. The minimum absolute atomic E-state index is 0.00637. The fourth-order valence-electron chi connectivity index (χ4n) is 3.92. The van der Waals surface area contributed by atoms with E-state index in [9.17, 15) is 19.7 Å². The Morgan fingerprint density at radius 2 is 1.57 bits per heavy atom. The Morgan fingerprint density at radius 1 is 0.943 bits per heavy atom. The van der Waals surface area contributed by atoms with Gasteiger partial charge in [0.05, 0.1) is 22.2 Å². The van der Waals surface area contributed by atoms with Crippen LogP contribution >= 0.6 is 0 Å². The van der Waals surface area contributed by atoms with E-state index in [0.29, 0.717) is 38.9 Å². The predicted octanol–water partition coefficient (Wildman–Crippen LogP) is 4.47. The summed E-state index contributed by atoms with van der Waals surface area (Å²) >= 11 is 0. The number of pyridine rings is 1. The third-order valence-corrected chi connectivity index (χ3v) is 5.55. The molecule has 0 unspecified atom stereocenters. The average molecular weight is 466 g/mol. The highest BCUT2D eigenvalue weighted by atomic mass is 16.6. The van der Waals surface area contributed by atoms with Crippen LogP contribution in [-0.4, -0.2) is 21.6 Å². The molecule has 0 aliphatic carbocycles. The number of non-ortho nitro benzene ring substituents is 1. The maximum absolute atomic E-state index is 12.8. The zero-order valence-electron chi connectivity index (χ0n) is 18.3. The molecule has 172 valence electrons. The van der Waals surface area contributed by atoms with Gasteiger partial charge < -0.3 is 8.98 Å². The van der Waals surface area contributed by atoms with E-state index < -0.39 is 4.92 Å². The molecule has 0 spiro atoms. The van der Waals surface area contributed by atoms with Crippen molar-refractivity contribution < 1.29 is 14.1 Å². The zero-order chi connectivity index (χ0) is 24.4. The molecule has 9 heteroatoms. The Kier molecular flexibility index (Phi) is 5.64. The van der Waals surface area contributed by atoms with Crippen LogP contribution in [-0.2, 0) is 11.3 Å². The molecule has 35 heavy (non-hydrogen) atoms. The monoisotopic (exact) mass is 466 g/mol. The Morgan fingerprint density at radius 3 is 2.20 bits per heavy atom. The Bertz CT molecular complexity index is 1610. The topological polar surface area (TPSA) is 120 Å².